The van der Waals surface area contributed by atoms with Gasteiger partial charge in [-0.3, -0.25) is 0 Å². The highest BCUT2D eigenvalue weighted by Crippen LogP contribution is 2.19. The van der Waals surface area contributed by atoms with E-state index in [1.807, 2.05) is 0 Å². The molecule has 2 aliphatic heterocycles. The summed E-state index contributed by atoms with van der Waals surface area (Å²) in [5, 5.41) is 12.1. The fraction of sp³-hybridized carbons (Fsp3) is 0.818. The Morgan fingerprint density at radius 2 is 2.25 bits per heavy atom. The highest BCUT2D eigenvalue weighted by molar-refractivity contribution is 5.03. The molecule has 1 atom stereocenters. The van der Waals surface area contributed by atoms with Crippen LogP contribution in [0.15, 0.2) is 0 Å². The van der Waals surface area contributed by atoms with Gasteiger partial charge in [0, 0.05) is 19.5 Å². The summed E-state index contributed by atoms with van der Waals surface area (Å²) in [7, 11) is 0. The smallest absolute Gasteiger partial charge is 0.152 e. The fourth-order valence-electron chi connectivity index (χ4n) is 2.50. The Kier molecular flexibility index (Phi) is 2.88. The van der Waals surface area contributed by atoms with E-state index < -0.39 is 0 Å². The average Bonchev–Trinajstić information content (AvgIpc) is 2.60. The summed E-state index contributed by atoms with van der Waals surface area (Å²) in [5.41, 5.74) is 0. The molecule has 2 aliphatic rings. The number of aryl methyl sites for hydroxylation is 1. The first-order valence-corrected chi connectivity index (χ1v) is 6.18. The lowest BCUT2D eigenvalue weighted by Crippen LogP contribution is -2.36. The summed E-state index contributed by atoms with van der Waals surface area (Å²) in [6.45, 7) is 3.50. The molecule has 0 radical (unpaired) electrons. The number of hydrogen-bond acceptors (Lipinski definition) is 4. The second kappa shape index (κ2) is 4.51. The van der Waals surface area contributed by atoms with Gasteiger partial charge in [-0.15, -0.1) is 10.2 Å². The van der Waals surface area contributed by atoms with Gasteiger partial charge in [0.1, 0.15) is 5.82 Å². The van der Waals surface area contributed by atoms with Crippen molar-refractivity contribution in [1.29, 1.82) is 0 Å². The van der Waals surface area contributed by atoms with Crippen LogP contribution < -0.4 is 5.32 Å². The molecule has 3 rings (SSSR count). The molecule has 88 valence electrons. The molecule has 1 unspecified atom stereocenters. The number of nitrogens with zero attached hydrogens (tertiary/aromatic N) is 3. The Hall–Kier alpha value is -0.940. The van der Waals surface area contributed by atoms with Crippen molar-refractivity contribution in [3.05, 3.63) is 11.6 Å². The molecule has 0 saturated carbocycles. The third-order valence-electron chi connectivity index (χ3n) is 3.37. The number of hydrogen-bond donors (Lipinski definition) is 1. The van der Waals surface area contributed by atoms with Crippen LogP contribution in [0.1, 0.15) is 37.0 Å². The predicted octanol–water partition coefficient (Wildman–Crippen LogP) is 0.665. The van der Waals surface area contributed by atoms with E-state index in [-0.39, 0.29) is 6.04 Å². The molecule has 1 N–H and O–H groups in total. The Balaban J connectivity index is 1.86. The Bertz CT molecular complexity index is 357. The number of aromatic nitrogens is 3. The summed E-state index contributed by atoms with van der Waals surface area (Å²) >= 11 is 0. The maximum atomic E-state index is 5.48. The zero-order chi connectivity index (χ0) is 10.8. The zero-order valence-corrected chi connectivity index (χ0v) is 9.48. The standard InChI is InChI=1S/C11H18N4O/c1-2-4-10-13-14-11(15(10)6-3-1)9-8-16-7-5-12-9/h9,12H,1-8H2. The maximum Gasteiger partial charge on any atom is 0.152 e. The maximum absolute atomic E-state index is 5.48. The molecule has 0 aromatic carbocycles. The van der Waals surface area contributed by atoms with Gasteiger partial charge in [0.2, 0.25) is 0 Å². The minimum Gasteiger partial charge on any atom is -0.378 e. The van der Waals surface area contributed by atoms with Crippen molar-refractivity contribution in [3.8, 4) is 0 Å². The lowest BCUT2D eigenvalue weighted by molar-refractivity contribution is 0.0729. The van der Waals surface area contributed by atoms with Crippen molar-refractivity contribution >= 4 is 0 Å². The molecule has 0 aliphatic carbocycles. The van der Waals surface area contributed by atoms with Gasteiger partial charge in [-0.05, 0) is 12.8 Å². The Labute approximate surface area is 95.2 Å². The number of fused-ring (bicyclic) bond motifs is 1. The predicted molar refractivity (Wildman–Crippen MR) is 59.1 cm³/mol. The molecular formula is C11H18N4O. The van der Waals surface area contributed by atoms with Gasteiger partial charge in [-0.1, -0.05) is 6.42 Å². The summed E-state index contributed by atoms with van der Waals surface area (Å²) in [5.74, 6) is 2.22. The van der Waals surface area contributed by atoms with E-state index in [2.05, 4.69) is 20.1 Å². The summed E-state index contributed by atoms with van der Waals surface area (Å²) in [4.78, 5) is 0. The van der Waals surface area contributed by atoms with Gasteiger partial charge in [-0.2, -0.15) is 0 Å². The lowest BCUT2D eigenvalue weighted by Gasteiger charge is -2.23. The van der Waals surface area contributed by atoms with Gasteiger partial charge in [0.05, 0.1) is 19.3 Å². The fourth-order valence-corrected chi connectivity index (χ4v) is 2.50. The van der Waals surface area contributed by atoms with Crippen LogP contribution in [0.25, 0.3) is 0 Å². The van der Waals surface area contributed by atoms with Gasteiger partial charge >= 0.3 is 0 Å². The molecule has 3 heterocycles. The van der Waals surface area contributed by atoms with Gasteiger partial charge in [-0.25, -0.2) is 0 Å². The molecule has 1 fully saturated rings. The van der Waals surface area contributed by atoms with Gasteiger partial charge in [0.25, 0.3) is 0 Å². The average molecular weight is 222 g/mol. The Morgan fingerprint density at radius 3 is 3.12 bits per heavy atom. The van der Waals surface area contributed by atoms with Crippen molar-refractivity contribution in [1.82, 2.24) is 20.1 Å². The van der Waals surface area contributed by atoms with E-state index in [1.54, 1.807) is 0 Å². The van der Waals surface area contributed by atoms with E-state index in [0.717, 1.165) is 44.4 Å². The molecule has 0 amide bonds. The number of morpholine rings is 1. The largest absolute Gasteiger partial charge is 0.378 e. The second-order valence-corrected chi connectivity index (χ2v) is 4.52. The van der Waals surface area contributed by atoms with Gasteiger partial charge < -0.3 is 14.6 Å². The molecule has 0 bridgehead atoms. The number of ether oxygens (including phenoxy) is 1. The van der Waals surface area contributed by atoms with Crippen LogP contribution in [0.5, 0.6) is 0 Å². The molecule has 1 aromatic heterocycles. The van der Waals surface area contributed by atoms with Crippen LogP contribution in [-0.2, 0) is 17.7 Å². The van der Waals surface area contributed by atoms with E-state index in [1.165, 1.54) is 19.3 Å². The Morgan fingerprint density at radius 1 is 1.25 bits per heavy atom. The molecule has 5 nitrogen and oxygen atoms in total. The number of rotatable bonds is 1. The summed E-state index contributed by atoms with van der Waals surface area (Å²) in [6.07, 6.45) is 4.86. The molecule has 0 spiro atoms. The van der Waals surface area contributed by atoms with E-state index in [0.29, 0.717) is 0 Å². The quantitative estimate of drug-likeness (QED) is 0.758. The van der Waals surface area contributed by atoms with Gasteiger partial charge in [0.15, 0.2) is 5.82 Å². The topological polar surface area (TPSA) is 52.0 Å². The minimum absolute atomic E-state index is 0.230. The van der Waals surface area contributed by atoms with Crippen LogP contribution in [0.3, 0.4) is 0 Å². The highest BCUT2D eigenvalue weighted by atomic mass is 16.5. The number of nitrogens with one attached hydrogen (secondary N) is 1. The summed E-state index contributed by atoms with van der Waals surface area (Å²) in [6, 6.07) is 0.230. The van der Waals surface area contributed by atoms with Crippen molar-refractivity contribution in [2.45, 2.75) is 38.3 Å². The second-order valence-electron chi connectivity index (χ2n) is 4.52. The molecule has 1 aromatic rings. The van der Waals surface area contributed by atoms with Crippen LogP contribution >= 0.6 is 0 Å². The molecular weight excluding hydrogens is 204 g/mol. The van der Waals surface area contributed by atoms with E-state index in [4.69, 9.17) is 4.74 Å². The monoisotopic (exact) mass is 222 g/mol. The van der Waals surface area contributed by atoms with E-state index >= 15 is 0 Å². The third-order valence-corrected chi connectivity index (χ3v) is 3.37. The SMILES string of the molecule is C1CCc2nnc(C3COCCN3)n2CC1. The minimum atomic E-state index is 0.230. The zero-order valence-electron chi connectivity index (χ0n) is 9.48. The van der Waals surface area contributed by atoms with Crippen LogP contribution in [0.2, 0.25) is 0 Å². The first-order chi connectivity index (χ1) is 7.95. The van der Waals surface area contributed by atoms with Crippen LogP contribution in [0, 0.1) is 0 Å². The van der Waals surface area contributed by atoms with Crippen molar-refractivity contribution in [2.75, 3.05) is 19.8 Å². The molecule has 5 heteroatoms. The first kappa shape index (κ1) is 10.2. The normalized spacial score (nSPS) is 26.1. The van der Waals surface area contributed by atoms with Crippen molar-refractivity contribution < 1.29 is 4.74 Å². The van der Waals surface area contributed by atoms with Crippen molar-refractivity contribution in [2.24, 2.45) is 0 Å². The van der Waals surface area contributed by atoms with Crippen LogP contribution in [0.4, 0.5) is 0 Å². The van der Waals surface area contributed by atoms with Crippen molar-refractivity contribution in [3.63, 3.8) is 0 Å². The first-order valence-electron chi connectivity index (χ1n) is 6.18. The van der Waals surface area contributed by atoms with Crippen LogP contribution in [-0.4, -0.2) is 34.5 Å². The highest BCUT2D eigenvalue weighted by Gasteiger charge is 2.23. The molecule has 16 heavy (non-hydrogen) atoms. The summed E-state index contributed by atoms with van der Waals surface area (Å²) < 4.78 is 7.78. The molecule has 1 saturated heterocycles. The third kappa shape index (κ3) is 1.85. The van der Waals surface area contributed by atoms with E-state index in [9.17, 15) is 0 Å². The lowest BCUT2D eigenvalue weighted by atomic mass is 10.2.